The minimum Gasteiger partial charge on any atom is -0.481 e. The highest BCUT2D eigenvalue weighted by Gasteiger charge is 2.17. The number of carboxylic acid groups (broad SMARTS) is 1. The highest BCUT2D eigenvalue weighted by atomic mass is 32.2. The van der Waals surface area contributed by atoms with Gasteiger partial charge in [-0.3, -0.25) is 9.48 Å². The second-order valence-electron chi connectivity index (χ2n) is 4.27. The number of carboxylic acids is 1. The molecular formula is C11H14N4O4S2. The third kappa shape index (κ3) is 4.34. The van der Waals surface area contributed by atoms with Crippen LogP contribution in [0.1, 0.15) is 10.7 Å². The van der Waals surface area contributed by atoms with E-state index in [0.29, 0.717) is 17.1 Å². The minimum absolute atomic E-state index is 0.104. The summed E-state index contributed by atoms with van der Waals surface area (Å²) in [5.41, 5.74) is 0. The lowest BCUT2D eigenvalue weighted by Crippen LogP contribution is -2.25. The molecule has 0 aliphatic rings. The molecule has 0 aromatic carbocycles. The maximum absolute atomic E-state index is 12.0. The van der Waals surface area contributed by atoms with Crippen molar-refractivity contribution >= 4 is 27.3 Å². The first-order valence-corrected chi connectivity index (χ1v) is 8.31. The summed E-state index contributed by atoms with van der Waals surface area (Å²) < 4.78 is 28.2. The average molecular weight is 330 g/mol. The van der Waals surface area contributed by atoms with Crippen LogP contribution in [0.3, 0.4) is 0 Å². The number of thiophene rings is 1. The summed E-state index contributed by atoms with van der Waals surface area (Å²) in [6.07, 6.45) is 1.74. The van der Waals surface area contributed by atoms with E-state index >= 15 is 0 Å². The van der Waals surface area contributed by atoms with Gasteiger partial charge in [-0.15, -0.1) is 11.3 Å². The van der Waals surface area contributed by atoms with Gasteiger partial charge in [0.15, 0.2) is 5.82 Å². The molecule has 2 aromatic heterocycles. The van der Waals surface area contributed by atoms with Crippen LogP contribution < -0.4 is 4.72 Å². The summed E-state index contributed by atoms with van der Waals surface area (Å²) in [5.74, 6) is -0.437. The van der Waals surface area contributed by atoms with E-state index in [4.69, 9.17) is 5.11 Å². The first-order chi connectivity index (χ1) is 9.87. The molecule has 0 bridgehead atoms. The zero-order valence-electron chi connectivity index (χ0n) is 11.2. The number of hydrogen-bond donors (Lipinski definition) is 2. The molecule has 0 aliphatic heterocycles. The molecule has 2 rings (SSSR count). The Labute approximate surface area is 125 Å². The topological polar surface area (TPSA) is 114 Å². The minimum atomic E-state index is -3.63. The molecule has 0 saturated heterocycles. The summed E-state index contributed by atoms with van der Waals surface area (Å²) in [7, 11) is -1.89. The molecule has 0 aliphatic carbocycles. The Morgan fingerprint density at radius 2 is 2.24 bits per heavy atom. The van der Waals surface area contributed by atoms with E-state index in [2.05, 4.69) is 14.8 Å². The van der Waals surface area contributed by atoms with Crippen LogP contribution in [0.4, 0.5) is 0 Å². The Morgan fingerprint density at radius 3 is 2.86 bits per heavy atom. The fraction of sp³-hybridized carbons (Fsp3) is 0.364. The van der Waals surface area contributed by atoms with Crippen molar-refractivity contribution in [3.8, 4) is 0 Å². The van der Waals surface area contributed by atoms with Gasteiger partial charge in [-0.05, 0) is 12.1 Å². The van der Waals surface area contributed by atoms with E-state index in [9.17, 15) is 13.2 Å². The standard InChI is InChI=1S/C11H14N4O4S2/c1-15-7-12-9(14-15)4-5-13-21(18,19)11-3-2-8(20-11)6-10(16)17/h2-3,7,13H,4-6H2,1H3,(H,16,17). The van der Waals surface area contributed by atoms with E-state index in [1.54, 1.807) is 18.1 Å². The molecule has 0 radical (unpaired) electrons. The SMILES string of the molecule is Cn1cnc(CCNS(=O)(=O)c2ccc(CC(=O)O)s2)n1. The Balaban J connectivity index is 1.94. The van der Waals surface area contributed by atoms with Gasteiger partial charge in [0, 0.05) is 24.9 Å². The van der Waals surface area contributed by atoms with E-state index < -0.39 is 16.0 Å². The lowest BCUT2D eigenvalue weighted by Gasteiger charge is -2.02. The number of rotatable bonds is 7. The molecule has 8 nitrogen and oxygen atoms in total. The van der Waals surface area contributed by atoms with Gasteiger partial charge in [0.25, 0.3) is 0 Å². The molecule has 0 amide bonds. The van der Waals surface area contributed by atoms with Crippen LogP contribution in [0.15, 0.2) is 22.7 Å². The summed E-state index contributed by atoms with van der Waals surface area (Å²) in [5, 5.41) is 12.7. The summed E-state index contributed by atoms with van der Waals surface area (Å²) in [4.78, 5) is 15.1. The van der Waals surface area contributed by atoms with Gasteiger partial charge in [0.2, 0.25) is 10.0 Å². The van der Waals surface area contributed by atoms with Gasteiger partial charge in [-0.2, -0.15) is 5.10 Å². The number of aryl methyl sites for hydroxylation is 1. The lowest BCUT2D eigenvalue weighted by molar-refractivity contribution is -0.136. The third-order valence-corrected chi connectivity index (χ3v) is 5.55. The molecular weight excluding hydrogens is 316 g/mol. The Bertz CT molecular complexity index is 735. The molecule has 0 unspecified atom stereocenters. The van der Waals surface area contributed by atoms with E-state index in [0.717, 1.165) is 11.3 Å². The predicted molar refractivity (Wildman–Crippen MR) is 75.6 cm³/mol. The smallest absolute Gasteiger partial charge is 0.308 e. The van der Waals surface area contributed by atoms with Crippen molar-refractivity contribution in [1.29, 1.82) is 0 Å². The number of carbonyl (C=O) groups is 1. The van der Waals surface area contributed by atoms with Gasteiger partial charge in [0.05, 0.1) is 6.42 Å². The summed E-state index contributed by atoms with van der Waals surface area (Å²) >= 11 is 0.952. The largest absolute Gasteiger partial charge is 0.481 e. The third-order valence-electron chi connectivity index (χ3n) is 2.52. The molecule has 0 saturated carbocycles. The molecule has 2 N–H and O–H groups in total. The molecule has 2 heterocycles. The zero-order chi connectivity index (χ0) is 15.5. The van der Waals surface area contributed by atoms with E-state index in [1.165, 1.54) is 12.1 Å². The van der Waals surface area contributed by atoms with E-state index in [-0.39, 0.29) is 17.2 Å². The van der Waals surface area contributed by atoms with Gasteiger partial charge >= 0.3 is 5.97 Å². The Kier molecular flexibility index (Phi) is 4.70. The highest BCUT2D eigenvalue weighted by molar-refractivity contribution is 7.91. The van der Waals surface area contributed by atoms with E-state index in [1.807, 2.05) is 0 Å². The number of sulfonamides is 1. The zero-order valence-corrected chi connectivity index (χ0v) is 12.8. The number of nitrogens with one attached hydrogen (secondary N) is 1. The summed E-state index contributed by atoms with van der Waals surface area (Å²) in [6.45, 7) is 0.179. The number of aliphatic carboxylic acids is 1. The number of aromatic nitrogens is 3. The molecule has 0 fully saturated rings. The Hall–Kier alpha value is -1.78. The number of hydrogen-bond acceptors (Lipinski definition) is 6. The van der Waals surface area contributed by atoms with Crippen LogP contribution in [-0.4, -0.2) is 40.8 Å². The average Bonchev–Trinajstić information content (AvgIpc) is 2.98. The number of nitrogens with zero attached hydrogens (tertiary/aromatic N) is 3. The van der Waals surface area contributed by atoms with Crippen LogP contribution in [0, 0.1) is 0 Å². The van der Waals surface area contributed by atoms with Crippen molar-refractivity contribution in [3.63, 3.8) is 0 Å². The quantitative estimate of drug-likeness (QED) is 0.740. The second kappa shape index (κ2) is 6.33. The van der Waals surface area contributed by atoms with Gasteiger partial charge in [-0.1, -0.05) is 0 Å². The molecule has 114 valence electrons. The van der Waals surface area contributed by atoms with Crippen LogP contribution in [-0.2, 0) is 34.7 Å². The first-order valence-electron chi connectivity index (χ1n) is 6.01. The van der Waals surface area contributed by atoms with Crippen LogP contribution in [0.5, 0.6) is 0 Å². The van der Waals surface area contributed by atoms with Crippen LogP contribution in [0.25, 0.3) is 0 Å². The fourth-order valence-electron chi connectivity index (χ4n) is 1.61. The van der Waals surface area contributed by atoms with Crippen molar-refractivity contribution in [2.24, 2.45) is 7.05 Å². The molecule has 2 aromatic rings. The van der Waals surface area contributed by atoms with Crippen molar-refractivity contribution in [2.45, 2.75) is 17.1 Å². The molecule has 0 atom stereocenters. The maximum Gasteiger partial charge on any atom is 0.308 e. The molecule has 21 heavy (non-hydrogen) atoms. The normalized spacial score (nSPS) is 11.7. The molecule has 10 heteroatoms. The van der Waals surface area contributed by atoms with Gasteiger partial charge in [-0.25, -0.2) is 18.1 Å². The fourth-order valence-corrected chi connectivity index (χ4v) is 4.04. The lowest BCUT2D eigenvalue weighted by atomic mass is 10.3. The predicted octanol–water partition coefficient (Wildman–Crippen LogP) is 0.0247. The highest BCUT2D eigenvalue weighted by Crippen LogP contribution is 2.21. The van der Waals surface area contributed by atoms with Crippen molar-refractivity contribution in [1.82, 2.24) is 19.5 Å². The van der Waals surface area contributed by atoms with Crippen molar-refractivity contribution in [2.75, 3.05) is 6.54 Å². The first kappa shape index (κ1) is 15.6. The maximum atomic E-state index is 12.0. The van der Waals surface area contributed by atoms with Crippen LogP contribution >= 0.6 is 11.3 Å². The summed E-state index contributed by atoms with van der Waals surface area (Å²) in [6, 6.07) is 2.91. The van der Waals surface area contributed by atoms with Crippen molar-refractivity contribution < 1.29 is 18.3 Å². The van der Waals surface area contributed by atoms with Gasteiger partial charge in [0.1, 0.15) is 10.5 Å². The second-order valence-corrected chi connectivity index (χ2v) is 7.44. The van der Waals surface area contributed by atoms with Crippen molar-refractivity contribution in [3.05, 3.63) is 29.2 Å². The van der Waals surface area contributed by atoms with Gasteiger partial charge < -0.3 is 5.11 Å². The monoisotopic (exact) mass is 330 g/mol. The van der Waals surface area contributed by atoms with Crippen LogP contribution in [0.2, 0.25) is 0 Å². The Morgan fingerprint density at radius 1 is 1.48 bits per heavy atom. The molecule has 0 spiro atoms.